The number of nitrogens with one attached hydrogen (secondary N) is 3. The number of H-pyrrole nitrogens is 1. The van der Waals surface area contributed by atoms with Gasteiger partial charge < -0.3 is 10.3 Å². The van der Waals surface area contributed by atoms with E-state index in [-0.39, 0.29) is 6.04 Å². The summed E-state index contributed by atoms with van der Waals surface area (Å²) >= 11 is 0. The molecular formula is C15H23N3O2S. The van der Waals surface area contributed by atoms with Gasteiger partial charge in [0.05, 0.1) is 4.90 Å². The van der Waals surface area contributed by atoms with Crippen molar-refractivity contribution in [1.82, 2.24) is 15.0 Å². The Bertz CT molecular complexity index is 623. The summed E-state index contributed by atoms with van der Waals surface area (Å²) < 4.78 is 27.9. The SMILES string of the molecule is CCNCc1cc(S(=O)(=O)NC2C3C4CCC(C4)C23)c[nH]1. The molecule has 3 aliphatic rings. The Morgan fingerprint density at radius 2 is 2.00 bits per heavy atom. The van der Waals surface area contributed by atoms with E-state index in [0.29, 0.717) is 23.3 Å². The largest absolute Gasteiger partial charge is 0.363 e. The van der Waals surface area contributed by atoms with Crippen LogP contribution in [-0.4, -0.2) is 26.0 Å². The van der Waals surface area contributed by atoms with E-state index < -0.39 is 10.0 Å². The number of hydrogen-bond acceptors (Lipinski definition) is 3. The first-order valence-corrected chi connectivity index (χ1v) is 9.49. The van der Waals surface area contributed by atoms with Gasteiger partial charge in [-0.15, -0.1) is 0 Å². The Hall–Kier alpha value is -0.850. The van der Waals surface area contributed by atoms with E-state index in [1.165, 1.54) is 19.3 Å². The van der Waals surface area contributed by atoms with Crippen molar-refractivity contribution in [1.29, 1.82) is 0 Å². The van der Waals surface area contributed by atoms with E-state index >= 15 is 0 Å². The second kappa shape index (κ2) is 4.83. The molecule has 1 aromatic rings. The maximum absolute atomic E-state index is 12.5. The summed E-state index contributed by atoms with van der Waals surface area (Å²) in [5.41, 5.74) is 0.910. The second-order valence-corrected chi connectivity index (χ2v) is 8.49. The fourth-order valence-corrected chi connectivity index (χ4v) is 5.99. The summed E-state index contributed by atoms with van der Waals surface area (Å²) in [5.74, 6) is 2.81. The highest BCUT2D eigenvalue weighted by molar-refractivity contribution is 7.89. The highest BCUT2D eigenvalue weighted by Gasteiger charge is 2.65. The molecule has 5 nitrogen and oxygen atoms in total. The number of fused-ring (bicyclic) bond motifs is 5. The summed E-state index contributed by atoms with van der Waals surface area (Å²) in [4.78, 5) is 3.41. The Labute approximate surface area is 125 Å². The molecule has 6 heteroatoms. The van der Waals surface area contributed by atoms with Gasteiger partial charge in [0, 0.05) is 24.5 Å². The van der Waals surface area contributed by atoms with Crippen LogP contribution in [0, 0.1) is 23.7 Å². The number of sulfonamides is 1. The summed E-state index contributed by atoms with van der Waals surface area (Å²) in [6.45, 7) is 3.57. The lowest BCUT2D eigenvalue weighted by atomic mass is 10.0. The molecule has 21 heavy (non-hydrogen) atoms. The highest BCUT2D eigenvalue weighted by Crippen LogP contribution is 2.65. The third kappa shape index (κ3) is 2.24. The lowest BCUT2D eigenvalue weighted by Crippen LogP contribution is -2.29. The van der Waals surface area contributed by atoms with E-state index in [2.05, 4.69) is 15.0 Å². The van der Waals surface area contributed by atoms with Gasteiger partial charge in [0.1, 0.15) is 0 Å². The fourth-order valence-electron chi connectivity index (χ4n) is 4.67. The molecule has 4 atom stereocenters. The Balaban J connectivity index is 1.44. The van der Waals surface area contributed by atoms with Crippen LogP contribution in [0.2, 0.25) is 0 Å². The molecular weight excluding hydrogens is 286 g/mol. The van der Waals surface area contributed by atoms with Crippen molar-refractivity contribution >= 4 is 10.0 Å². The first-order chi connectivity index (χ1) is 10.1. The van der Waals surface area contributed by atoms with Crippen LogP contribution >= 0.6 is 0 Å². The number of rotatable bonds is 6. The molecule has 0 aliphatic heterocycles. The van der Waals surface area contributed by atoms with Gasteiger partial charge in [-0.2, -0.15) is 0 Å². The van der Waals surface area contributed by atoms with Gasteiger partial charge in [-0.05, 0) is 55.5 Å². The van der Waals surface area contributed by atoms with Crippen LogP contribution in [0.15, 0.2) is 17.2 Å². The molecule has 3 fully saturated rings. The topological polar surface area (TPSA) is 74.0 Å². The quantitative estimate of drug-likeness (QED) is 0.744. The minimum atomic E-state index is -3.37. The van der Waals surface area contributed by atoms with Crippen molar-refractivity contribution in [2.45, 2.75) is 43.7 Å². The molecule has 3 aliphatic carbocycles. The monoisotopic (exact) mass is 309 g/mol. The van der Waals surface area contributed by atoms with Crippen molar-refractivity contribution in [2.24, 2.45) is 23.7 Å². The van der Waals surface area contributed by atoms with Gasteiger partial charge >= 0.3 is 0 Å². The van der Waals surface area contributed by atoms with E-state index in [1.807, 2.05) is 6.92 Å². The maximum Gasteiger partial charge on any atom is 0.242 e. The van der Waals surface area contributed by atoms with Gasteiger partial charge in [-0.1, -0.05) is 6.92 Å². The summed E-state index contributed by atoms with van der Waals surface area (Å²) in [7, 11) is -3.37. The van der Waals surface area contributed by atoms with Gasteiger partial charge in [0.25, 0.3) is 0 Å². The van der Waals surface area contributed by atoms with E-state index in [9.17, 15) is 8.42 Å². The molecule has 0 radical (unpaired) electrons. The molecule has 0 spiro atoms. The molecule has 116 valence electrons. The molecule has 0 saturated heterocycles. The van der Waals surface area contributed by atoms with Crippen LogP contribution in [0.3, 0.4) is 0 Å². The lowest BCUT2D eigenvalue weighted by molar-refractivity contribution is 0.456. The average Bonchev–Trinajstić information content (AvgIpc) is 2.92. The Kier molecular flexibility index (Phi) is 3.17. The predicted octanol–water partition coefficient (Wildman–Crippen LogP) is 1.45. The predicted molar refractivity (Wildman–Crippen MR) is 80.1 cm³/mol. The van der Waals surface area contributed by atoms with Crippen LogP contribution < -0.4 is 10.0 Å². The summed E-state index contributed by atoms with van der Waals surface area (Å²) in [5, 5.41) is 3.19. The lowest BCUT2D eigenvalue weighted by Gasteiger charge is -2.10. The molecule has 4 unspecified atom stereocenters. The zero-order valence-electron chi connectivity index (χ0n) is 12.3. The number of aromatic amines is 1. The highest BCUT2D eigenvalue weighted by atomic mass is 32.2. The van der Waals surface area contributed by atoms with Gasteiger partial charge in [0.15, 0.2) is 0 Å². The van der Waals surface area contributed by atoms with Crippen LogP contribution in [0.4, 0.5) is 0 Å². The van der Waals surface area contributed by atoms with Crippen LogP contribution in [0.25, 0.3) is 0 Å². The summed E-state index contributed by atoms with van der Waals surface area (Å²) in [6.07, 6.45) is 5.55. The second-order valence-electron chi connectivity index (χ2n) is 6.78. The van der Waals surface area contributed by atoms with E-state index in [4.69, 9.17) is 0 Å². The van der Waals surface area contributed by atoms with Crippen molar-refractivity contribution in [3.63, 3.8) is 0 Å². The van der Waals surface area contributed by atoms with Crippen LogP contribution in [-0.2, 0) is 16.6 Å². The van der Waals surface area contributed by atoms with Crippen molar-refractivity contribution < 1.29 is 8.42 Å². The minimum Gasteiger partial charge on any atom is -0.363 e. The molecule has 0 amide bonds. The van der Waals surface area contributed by atoms with E-state index in [0.717, 1.165) is 24.1 Å². The Morgan fingerprint density at radius 3 is 2.67 bits per heavy atom. The smallest absolute Gasteiger partial charge is 0.242 e. The molecule has 1 heterocycles. The van der Waals surface area contributed by atoms with Crippen LogP contribution in [0.5, 0.6) is 0 Å². The first-order valence-electron chi connectivity index (χ1n) is 8.00. The molecule has 0 aromatic carbocycles. The summed E-state index contributed by atoms with van der Waals surface area (Å²) in [6, 6.07) is 1.94. The third-order valence-corrected chi connectivity index (χ3v) is 7.06. The van der Waals surface area contributed by atoms with Crippen LogP contribution in [0.1, 0.15) is 31.9 Å². The normalized spacial score (nSPS) is 36.9. The van der Waals surface area contributed by atoms with Crippen molar-refractivity contribution in [2.75, 3.05) is 6.54 Å². The standard InChI is InChI=1S/C15H23N3O2S/c1-2-16-7-11-6-12(8-17-11)21(19,20)18-15-13-9-3-4-10(5-9)14(13)15/h6,8-10,13-18H,2-5,7H2,1H3. The van der Waals surface area contributed by atoms with Gasteiger partial charge in [0.2, 0.25) is 10.0 Å². The molecule has 3 saturated carbocycles. The minimum absolute atomic E-state index is 0.202. The van der Waals surface area contributed by atoms with Crippen molar-refractivity contribution in [3.8, 4) is 0 Å². The molecule has 4 rings (SSSR count). The number of aromatic nitrogens is 1. The molecule has 3 N–H and O–H groups in total. The maximum atomic E-state index is 12.5. The third-order valence-electron chi connectivity index (χ3n) is 5.62. The average molecular weight is 309 g/mol. The number of hydrogen-bond donors (Lipinski definition) is 3. The molecule has 2 bridgehead atoms. The Morgan fingerprint density at radius 1 is 1.29 bits per heavy atom. The first kappa shape index (κ1) is 13.8. The van der Waals surface area contributed by atoms with E-state index in [1.54, 1.807) is 12.3 Å². The fraction of sp³-hybridized carbons (Fsp3) is 0.733. The van der Waals surface area contributed by atoms with Gasteiger partial charge in [-0.3, -0.25) is 0 Å². The van der Waals surface area contributed by atoms with Gasteiger partial charge in [-0.25, -0.2) is 13.1 Å². The zero-order valence-corrected chi connectivity index (χ0v) is 13.1. The van der Waals surface area contributed by atoms with Crippen molar-refractivity contribution in [3.05, 3.63) is 18.0 Å². The molecule has 1 aromatic heterocycles. The zero-order chi connectivity index (χ0) is 14.6.